The lowest BCUT2D eigenvalue weighted by Crippen LogP contribution is -2.42. The van der Waals surface area contributed by atoms with Gasteiger partial charge in [0.25, 0.3) is 0 Å². The fraction of sp³-hybridized carbons (Fsp3) is 0.350. The van der Waals surface area contributed by atoms with E-state index in [4.69, 9.17) is 4.74 Å². The highest BCUT2D eigenvalue weighted by molar-refractivity contribution is 5.75. The van der Waals surface area contributed by atoms with Crippen LogP contribution >= 0.6 is 0 Å². The van der Waals surface area contributed by atoms with Gasteiger partial charge in [-0.15, -0.1) is 0 Å². The maximum atomic E-state index is 12.6. The van der Waals surface area contributed by atoms with Gasteiger partial charge in [0.15, 0.2) is 0 Å². The normalized spacial score (nSPS) is 24.5. The summed E-state index contributed by atoms with van der Waals surface area (Å²) in [5.74, 6) is -0.140. The van der Waals surface area contributed by atoms with E-state index in [2.05, 4.69) is 0 Å². The lowest BCUT2D eigenvalue weighted by atomic mass is 9.62. The molecule has 0 heterocycles. The molecule has 1 N–H and O–H groups in total. The summed E-state index contributed by atoms with van der Waals surface area (Å²) in [6, 6.07) is 19.7. The third-order valence-corrected chi connectivity index (χ3v) is 4.78. The van der Waals surface area contributed by atoms with Gasteiger partial charge in [0.2, 0.25) is 0 Å². The first-order valence-electron chi connectivity index (χ1n) is 8.12. The molecule has 0 bridgehead atoms. The summed E-state index contributed by atoms with van der Waals surface area (Å²) >= 11 is 0. The van der Waals surface area contributed by atoms with Crippen LogP contribution in [0.3, 0.4) is 0 Å². The Morgan fingerprint density at radius 3 is 2.35 bits per heavy atom. The minimum Gasteiger partial charge on any atom is -0.458 e. The standard InChI is InChI=1S/C20H22O3/c1-14(15-8-4-2-5-9-15)23-20(22)18-12-17(13-21)19(18)16-10-6-3-7-11-16/h2-11,14,17-19,21H,12-13H2,1H3/t14?,17-,18-,19-/m1/s1. The molecule has 0 spiro atoms. The minimum absolute atomic E-state index is 0.0525. The van der Waals surface area contributed by atoms with Crippen LogP contribution < -0.4 is 0 Å². The summed E-state index contributed by atoms with van der Waals surface area (Å²) in [5, 5.41) is 9.53. The van der Waals surface area contributed by atoms with Crippen molar-refractivity contribution < 1.29 is 14.6 Å². The fourth-order valence-electron chi connectivity index (χ4n) is 3.42. The second-order valence-electron chi connectivity index (χ2n) is 6.21. The summed E-state index contributed by atoms with van der Waals surface area (Å²) < 4.78 is 5.66. The topological polar surface area (TPSA) is 46.5 Å². The number of hydrogen-bond donors (Lipinski definition) is 1. The van der Waals surface area contributed by atoms with E-state index in [1.165, 1.54) is 0 Å². The molecule has 1 unspecified atom stereocenters. The second kappa shape index (κ2) is 6.97. The van der Waals surface area contributed by atoms with Crippen molar-refractivity contribution in [1.82, 2.24) is 0 Å². The third kappa shape index (κ3) is 3.30. The zero-order valence-corrected chi connectivity index (χ0v) is 13.3. The molecule has 120 valence electrons. The van der Waals surface area contributed by atoms with Gasteiger partial charge in [-0.05, 0) is 30.4 Å². The number of benzene rings is 2. The molecule has 1 aliphatic carbocycles. The Bertz CT molecular complexity index is 638. The van der Waals surface area contributed by atoms with E-state index in [1.807, 2.05) is 67.6 Å². The van der Waals surface area contributed by atoms with E-state index in [1.54, 1.807) is 0 Å². The number of carbonyl (C=O) groups excluding carboxylic acids is 1. The zero-order valence-electron chi connectivity index (χ0n) is 13.3. The monoisotopic (exact) mass is 310 g/mol. The van der Waals surface area contributed by atoms with Gasteiger partial charge in [-0.1, -0.05) is 60.7 Å². The Labute approximate surface area is 136 Å². The van der Waals surface area contributed by atoms with Gasteiger partial charge < -0.3 is 9.84 Å². The molecule has 3 nitrogen and oxygen atoms in total. The highest BCUT2D eigenvalue weighted by Crippen LogP contribution is 2.48. The van der Waals surface area contributed by atoms with Crippen molar-refractivity contribution in [3.63, 3.8) is 0 Å². The van der Waals surface area contributed by atoms with E-state index in [0.717, 1.165) is 11.1 Å². The van der Waals surface area contributed by atoms with Gasteiger partial charge in [-0.3, -0.25) is 4.79 Å². The Morgan fingerprint density at radius 1 is 1.13 bits per heavy atom. The molecule has 4 atom stereocenters. The van der Waals surface area contributed by atoms with Gasteiger partial charge in [0.05, 0.1) is 5.92 Å². The number of aliphatic hydroxyl groups is 1. The van der Waals surface area contributed by atoms with Crippen molar-refractivity contribution in [2.75, 3.05) is 6.61 Å². The van der Waals surface area contributed by atoms with E-state index < -0.39 is 0 Å². The van der Waals surface area contributed by atoms with Crippen LogP contribution in [0.25, 0.3) is 0 Å². The van der Waals surface area contributed by atoms with Crippen LogP contribution in [-0.4, -0.2) is 17.7 Å². The molecular weight excluding hydrogens is 288 g/mol. The predicted octanol–water partition coefficient (Wildman–Crippen LogP) is 3.70. The van der Waals surface area contributed by atoms with Gasteiger partial charge in [0, 0.05) is 12.5 Å². The molecule has 0 amide bonds. The highest BCUT2D eigenvalue weighted by Gasteiger charge is 2.46. The van der Waals surface area contributed by atoms with Crippen molar-refractivity contribution in [2.45, 2.75) is 25.4 Å². The lowest BCUT2D eigenvalue weighted by molar-refractivity contribution is -0.161. The quantitative estimate of drug-likeness (QED) is 0.857. The molecular formula is C20H22O3. The van der Waals surface area contributed by atoms with Crippen molar-refractivity contribution in [1.29, 1.82) is 0 Å². The van der Waals surface area contributed by atoms with Crippen molar-refractivity contribution in [3.05, 3.63) is 71.8 Å². The van der Waals surface area contributed by atoms with Gasteiger partial charge in [0.1, 0.15) is 6.10 Å². The van der Waals surface area contributed by atoms with Crippen LogP contribution in [0.2, 0.25) is 0 Å². The van der Waals surface area contributed by atoms with Crippen LogP contribution in [0.15, 0.2) is 60.7 Å². The van der Waals surface area contributed by atoms with Gasteiger partial charge >= 0.3 is 5.97 Å². The SMILES string of the molecule is CC(OC(=O)[C@@H]1C[C@H](CO)[C@H]1c1ccccc1)c1ccccc1. The molecule has 0 aliphatic heterocycles. The maximum absolute atomic E-state index is 12.6. The first-order chi connectivity index (χ1) is 11.2. The smallest absolute Gasteiger partial charge is 0.310 e. The minimum atomic E-state index is -0.256. The first-order valence-corrected chi connectivity index (χ1v) is 8.12. The molecule has 1 saturated carbocycles. The average molecular weight is 310 g/mol. The lowest BCUT2D eigenvalue weighted by Gasteiger charge is -2.43. The molecule has 2 aromatic rings. The summed E-state index contributed by atoms with van der Waals surface area (Å²) in [5.41, 5.74) is 2.10. The number of rotatable bonds is 5. The Kier molecular flexibility index (Phi) is 4.77. The average Bonchev–Trinajstić information content (AvgIpc) is 2.56. The molecule has 0 saturated heterocycles. The summed E-state index contributed by atoms with van der Waals surface area (Å²) in [4.78, 5) is 12.6. The molecule has 2 aromatic carbocycles. The number of carbonyl (C=O) groups is 1. The Hall–Kier alpha value is -2.13. The number of ether oxygens (including phenoxy) is 1. The van der Waals surface area contributed by atoms with E-state index in [-0.39, 0.29) is 36.4 Å². The number of aliphatic hydroxyl groups excluding tert-OH is 1. The summed E-state index contributed by atoms with van der Waals surface area (Å²) in [6.07, 6.45) is 0.435. The van der Waals surface area contributed by atoms with Crippen LogP contribution in [0.1, 0.15) is 36.5 Å². The second-order valence-corrected chi connectivity index (χ2v) is 6.21. The van der Waals surface area contributed by atoms with E-state index in [0.29, 0.717) is 6.42 Å². The maximum Gasteiger partial charge on any atom is 0.310 e. The van der Waals surface area contributed by atoms with Crippen LogP contribution in [0.4, 0.5) is 0 Å². The molecule has 1 fully saturated rings. The fourth-order valence-corrected chi connectivity index (χ4v) is 3.42. The molecule has 23 heavy (non-hydrogen) atoms. The summed E-state index contributed by atoms with van der Waals surface area (Å²) in [6.45, 7) is 2.00. The Balaban J connectivity index is 1.70. The molecule has 0 aromatic heterocycles. The number of hydrogen-bond acceptors (Lipinski definition) is 3. The van der Waals surface area contributed by atoms with Crippen molar-refractivity contribution in [3.8, 4) is 0 Å². The first kappa shape index (κ1) is 15.8. The molecule has 3 rings (SSSR count). The number of esters is 1. The highest BCUT2D eigenvalue weighted by atomic mass is 16.5. The largest absolute Gasteiger partial charge is 0.458 e. The van der Waals surface area contributed by atoms with Gasteiger partial charge in [-0.2, -0.15) is 0 Å². The molecule has 0 radical (unpaired) electrons. The van der Waals surface area contributed by atoms with Gasteiger partial charge in [-0.25, -0.2) is 0 Å². The Morgan fingerprint density at radius 2 is 1.74 bits per heavy atom. The van der Waals surface area contributed by atoms with Crippen LogP contribution in [-0.2, 0) is 9.53 Å². The van der Waals surface area contributed by atoms with E-state index >= 15 is 0 Å². The molecule has 3 heteroatoms. The molecule has 1 aliphatic rings. The van der Waals surface area contributed by atoms with E-state index in [9.17, 15) is 9.90 Å². The van der Waals surface area contributed by atoms with Crippen LogP contribution in [0, 0.1) is 11.8 Å². The van der Waals surface area contributed by atoms with Crippen molar-refractivity contribution >= 4 is 5.97 Å². The zero-order chi connectivity index (χ0) is 16.2. The van der Waals surface area contributed by atoms with Crippen LogP contribution in [0.5, 0.6) is 0 Å². The predicted molar refractivity (Wildman–Crippen MR) is 88.8 cm³/mol. The third-order valence-electron chi connectivity index (χ3n) is 4.78. The van der Waals surface area contributed by atoms with Crippen molar-refractivity contribution in [2.24, 2.45) is 11.8 Å². The summed E-state index contributed by atoms with van der Waals surface area (Å²) in [7, 11) is 0.